The van der Waals surface area contributed by atoms with E-state index in [1.54, 1.807) is 0 Å². The molecule has 238 valence electrons. The minimum Gasteiger partial charge on any atom is -0.309 e. The molecule has 0 unspecified atom stereocenters. The highest BCUT2D eigenvalue weighted by Crippen LogP contribution is 2.45. The van der Waals surface area contributed by atoms with Gasteiger partial charge in [0.15, 0.2) is 0 Å². The Labute approximate surface area is 297 Å². The van der Waals surface area contributed by atoms with Gasteiger partial charge < -0.3 is 4.57 Å². The minimum absolute atomic E-state index is 0.651. The number of nitrogens with zero attached hydrogens (tertiary/aromatic N) is 4. The lowest BCUT2D eigenvalue weighted by molar-refractivity contribution is 0.998. The van der Waals surface area contributed by atoms with Gasteiger partial charge in [0, 0.05) is 58.5 Å². The first-order valence-corrected chi connectivity index (χ1v) is 18.0. The van der Waals surface area contributed by atoms with Crippen LogP contribution in [0.15, 0.2) is 170 Å². The number of fused-ring (bicyclic) bond motifs is 10. The van der Waals surface area contributed by atoms with E-state index in [-0.39, 0.29) is 0 Å². The van der Waals surface area contributed by atoms with Gasteiger partial charge in [0.2, 0.25) is 5.95 Å². The predicted octanol–water partition coefficient (Wildman–Crippen LogP) is 12.4. The van der Waals surface area contributed by atoms with Crippen LogP contribution >= 0.6 is 11.3 Å². The van der Waals surface area contributed by atoms with E-state index in [0.29, 0.717) is 5.95 Å². The maximum atomic E-state index is 5.40. The Morgan fingerprint density at radius 3 is 1.75 bits per heavy atom. The Hall–Kier alpha value is -6.56. The van der Waals surface area contributed by atoms with Crippen LogP contribution in [0.4, 0.5) is 0 Å². The summed E-state index contributed by atoms with van der Waals surface area (Å²) in [5.41, 5.74) is 9.52. The number of para-hydroxylation sites is 2. The van der Waals surface area contributed by atoms with Crippen molar-refractivity contribution < 1.29 is 0 Å². The van der Waals surface area contributed by atoms with Crippen LogP contribution in [0.5, 0.6) is 0 Å². The maximum absolute atomic E-state index is 5.40. The Morgan fingerprint density at radius 2 is 1.02 bits per heavy atom. The molecule has 0 aliphatic carbocycles. The third-order valence-corrected chi connectivity index (χ3v) is 11.3. The summed E-state index contributed by atoms with van der Waals surface area (Å²) >= 11 is 1.85. The van der Waals surface area contributed by atoms with Gasteiger partial charge in [-0.15, -0.1) is 11.3 Å². The highest BCUT2D eigenvalue weighted by atomic mass is 32.1. The second-order valence-corrected chi connectivity index (χ2v) is 14.1. The van der Waals surface area contributed by atoms with E-state index in [1.165, 1.54) is 47.2 Å². The molecule has 5 heteroatoms. The fraction of sp³-hybridized carbons (Fsp3) is 0. The first-order chi connectivity index (χ1) is 25.3. The van der Waals surface area contributed by atoms with E-state index in [4.69, 9.17) is 9.97 Å². The van der Waals surface area contributed by atoms with Crippen molar-refractivity contribution in [3.05, 3.63) is 170 Å². The third-order valence-electron chi connectivity index (χ3n) is 10.1. The number of aromatic nitrogens is 4. The van der Waals surface area contributed by atoms with E-state index in [0.717, 1.165) is 44.8 Å². The molecule has 4 heterocycles. The third kappa shape index (κ3) is 4.25. The van der Waals surface area contributed by atoms with Crippen LogP contribution in [0.3, 0.4) is 0 Å². The van der Waals surface area contributed by atoms with Crippen molar-refractivity contribution in [1.82, 2.24) is 19.1 Å². The van der Waals surface area contributed by atoms with Crippen LogP contribution in [-0.4, -0.2) is 19.1 Å². The maximum Gasteiger partial charge on any atom is 0.235 e. The monoisotopic (exact) mass is 668 g/mol. The summed E-state index contributed by atoms with van der Waals surface area (Å²) in [5, 5.41) is 7.27. The Kier molecular flexibility index (Phi) is 6.09. The lowest BCUT2D eigenvalue weighted by Crippen LogP contribution is -2.04. The number of hydrogen-bond donors (Lipinski definition) is 0. The Balaban J connectivity index is 1.35. The molecule has 0 aliphatic rings. The van der Waals surface area contributed by atoms with Gasteiger partial charge in [-0.25, -0.2) is 9.97 Å². The second-order valence-electron chi connectivity index (χ2n) is 13.0. The van der Waals surface area contributed by atoms with Crippen LogP contribution in [0.25, 0.3) is 97.9 Å². The Morgan fingerprint density at radius 1 is 0.392 bits per heavy atom. The summed E-state index contributed by atoms with van der Waals surface area (Å²) in [6.45, 7) is 0. The summed E-state index contributed by atoms with van der Waals surface area (Å²) in [5.74, 6) is 0.651. The van der Waals surface area contributed by atoms with Crippen LogP contribution < -0.4 is 0 Å². The highest BCUT2D eigenvalue weighted by Gasteiger charge is 2.24. The molecule has 11 aromatic rings. The van der Waals surface area contributed by atoms with Gasteiger partial charge >= 0.3 is 0 Å². The zero-order valence-corrected chi connectivity index (χ0v) is 28.2. The van der Waals surface area contributed by atoms with Crippen molar-refractivity contribution in [3.8, 4) is 34.2 Å². The van der Waals surface area contributed by atoms with Crippen LogP contribution in [0, 0.1) is 0 Å². The standard InChI is InChI=1S/C46H28N4S/c1-4-14-29(15-5-1)37-28-38(30-16-6-2-7-17-30)48-46(47-37)50-41-26-36-32-20-11-13-23-42(32)51-43(36)27-35(41)33-24-25-40-44(45(33)50)34-21-10-12-22-39(34)49(40)31-18-8-3-9-19-31/h1-28H. The van der Waals surface area contributed by atoms with Gasteiger partial charge in [-0.1, -0.05) is 121 Å². The van der Waals surface area contributed by atoms with E-state index < -0.39 is 0 Å². The largest absolute Gasteiger partial charge is 0.309 e. The van der Waals surface area contributed by atoms with Crippen LogP contribution in [0.1, 0.15) is 0 Å². The quantitative estimate of drug-likeness (QED) is 0.187. The van der Waals surface area contributed by atoms with Crippen molar-refractivity contribution in [2.24, 2.45) is 0 Å². The molecule has 0 atom stereocenters. The average molecular weight is 669 g/mol. The van der Waals surface area contributed by atoms with Gasteiger partial charge in [-0.05, 0) is 48.5 Å². The molecular weight excluding hydrogens is 641 g/mol. The average Bonchev–Trinajstić information content (AvgIpc) is 3.85. The van der Waals surface area contributed by atoms with Gasteiger partial charge in [0.1, 0.15) is 0 Å². The molecule has 11 rings (SSSR count). The molecular formula is C46H28N4S. The lowest BCUT2D eigenvalue weighted by atomic mass is 10.1. The SMILES string of the molecule is c1ccc(-c2cc(-c3ccccc3)nc(-n3c4cc5c(cc4c4ccc6c(c7ccccc7n6-c6ccccc6)c43)sc3ccccc35)n2)cc1. The zero-order chi connectivity index (χ0) is 33.5. The van der Waals surface area contributed by atoms with Gasteiger partial charge in [0.05, 0.1) is 33.5 Å². The summed E-state index contributed by atoms with van der Waals surface area (Å²) < 4.78 is 7.28. The Bertz CT molecular complexity index is 3060. The number of rotatable bonds is 4. The molecule has 0 saturated heterocycles. The molecule has 0 saturated carbocycles. The normalized spacial score (nSPS) is 11.9. The topological polar surface area (TPSA) is 35.6 Å². The summed E-state index contributed by atoms with van der Waals surface area (Å²) in [6.07, 6.45) is 0. The number of hydrogen-bond acceptors (Lipinski definition) is 3. The molecule has 0 spiro atoms. The molecule has 7 aromatic carbocycles. The molecule has 0 amide bonds. The van der Waals surface area contributed by atoms with E-state index in [9.17, 15) is 0 Å². The van der Waals surface area contributed by atoms with Crippen molar-refractivity contribution >= 4 is 75.1 Å². The minimum atomic E-state index is 0.651. The van der Waals surface area contributed by atoms with Crippen LogP contribution in [0.2, 0.25) is 0 Å². The highest BCUT2D eigenvalue weighted by molar-refractivity contribution is 7.25. The second kappa shape index (κ2) is 11.0. The van der Waals surface area contributed by atoms with Crippen molar-refractivity contribution in [2.45, 2.75) is 0 Å². The summed E-state index contributed by atoms with van der Waals surface area (Å²) in [6, 6.07) is 60.5. The molecule has 4 aromatic heterocycles. The van der Waals surface area contributed by atoms with Gasteiger partial charge in [-0.2, -0.15) is 0 Å². The van der Waals surface area contributed by atoms with E-state index in [2.05, 4.69) is 167 Å². The molecule has 0 radical (unpaired) electrons. The molecule has 4 nitrogen and oxygen atoms in total. The molecule has 0 N–H and O–H groups in total. The van der Waals surface area contributed by atoms with Crippen molar-refractivity contribution in [1.29, 1.82) is 0 Å². The van der Waals surface area contributed by atoms with Gasteiger partial charge in [0.25, 0.3) is 0 Å². The molecule has 51 heavy (non-hydrogen) atoms. The lowest BCUT2D eigenvalue weighted by Gasteiger charge is -2.12. The summed E-state index contributed by atoms with van der Waals surface area (Å²) in [4.78, 5) is 10.8. The van der Waals surface area contributed by atoms with E-state index >= 15 is 0 Å². The smallest absolute Gasteiger partial charge is 0.235 e. The predicted molar refractivity (Wildman–Crippen MR) is 214 cm³/mol. The fourth-order valence-corrected chi connectivity index (χ4v) is 9.01. The first-order valence-electron chi connectivity index (χ1n) is 17.2. The first kappa shape index (κ1) is 28.3. The zero-order valence-electron chi connectivity index (χ0n) is 27.4. The molecule has 0 bridgehead atoms. The van der Waals surface area contributed by atoms with E-state index in [1.807, 2.05) is 23.5 Å². The fourth-order valence-electron chi connectivity index (χ4n) is 7.88. The van der Waals surface area contributed by atoms with Gasteiger partial charge in [-0.3, -0.25) is 4.57 Å². The van der Waals surface area contributed by atoms with Crippen molar-refractivity contribution in [3.63, 3.8) is 0 Å². The van der Waals surface area contributed by atoms with Crippen LogP contribution in [-0.2, 0) is 0 Å². The number of benzene rings is 7. The number of thiophene rings is 1. The molecule has 0 fully saturated rings. The summed E-state index contributed by atoms with van der Waals surface area (Å²) in [7, 11) is 0. The van der Waals surface area contributed by atoms with Crippen molar-refractivity contribution in [2.75, 3.05) is 0 Å². The molecule has 0 aliphatic heterocycles.